The second kappa shape index (κ2) is 4.50. The fraction of sp³-hybridized carbons (Fsp3) is 0.333. The molecule has 1 unspecified atom stereocenters. The fourth-order valence-electron chi connectivity index (χ4n) is 1.29. The van der Waals surface area contributed by atoms with Crippen LogP contribution in [0.25, 0.3) is 11.0 Å². The van der Waals surface area contributed by atoms with Gasteiger partial charge in [-0.2, -0.15) is 0 Å². The van der Waals surface area contributed by atoms with E-state index in [1.54, 1.807) is 0 Å². The molecule has 1 aromatic heterocycles. The Balaban J connectivity index is 2.21. The van der Waals surface area contributed by atoms with Crippen LogP contribution in [-0.2, 0) is 11.4 Å². The van der Waals surface area contributed by atoms with E-state index in [1.165, 1.54) is 6.21 Å². The molecule has 0 aliphatic heterocycles. The lowest BCUT2D eigenvalue weighted by Gasteiger charge is -2.17. The monoisotopic (exact) mass is 249 g/mol. The summed E-state index contributed by atoms with van der Waals surface area (Å²) in [6, 6.07) is 7.73. The number of rotatable bonds is 2. The molecular weight excluding hydrogens is 234 g/mol. The quantitative estimate of drug-likeness (QED) is 0.656. The lowest BCUT2D eigenvalue weighted by Crippen LogP contribution is -2.25. The fourth-order valence-corrected chi connectivity index (χ4v) is 1.80. The molecule has 5 heteroatoms. The topological polar surface area (TPSA) is 64.1 Å². The summed E-state index contributed by atoms with van der Waals surface area (Å²) in [6.07, 6.45) is 1.53. The standard InChI is InChI=1S/C12H15N3OS/c1-12(2,3)17(16)13-8-11-14-9-6-4-5-7-10(9)15-11/h4-8H,1-3H3,(H,14,15)/b13-8+. The summed E-state index contributed by atoms with van der Waals surface area (Å²) < 4.78 is 15.4. The number of hydrogen-bond donors (Lipinski definition) is 1. The molecule has 1 N–H and O–H groups in total. The number of hydrogen-bond acceptors (Lipinski definition) is 3. The van der Waals surface area contributed by atoms with Crippen LogP contribution < -0.4 is 0 Å². The Bertz CT molecular complexity index is 509. The number of para-hydroxylation sites is 2. The first-order valence-corrected chi connectivity index (χ1v) is 6.48. The van der Waals surface area contributed by atoms with Crippen LogP contribution in [0.2, 0.25) is 0 Å². The zero-order valence-corrected chi connectivity index (χ0v) is 10.9. The number of H-pyrrole nitrogens is 1. The third kappa shape index (κ3) is 2.87. The van der Waals surface area contributed by atoms with Crippen LogP contribution >= 0.6 is 0 Å². The number of benzene rings is 1. The predicted octanol–water partition coefficient (Wildman–Crippen LogP) is 2.44. The molecule has 17 heavy (non-hydrogen) atoms. The van der Waals surface area contributed by atoms with Crippen LogP contribution in [-0.4, -0.2) is 25.5 Å². The van der Waals surface area contributed by atoms with Crippen molar-refractivity contribution < 1.29 is 4.55 Å². The molecule has 1 aromatic carbocycles. The highest BCUT2D eigenvalue weighted by Gasteiger charge is 2.25. The van der Waals surface area contributed by atoms with Crippen LogP contribution in [0.4, 0.5) is 0 Å². The van der Waals surface area contributed by atoms with Gasteiger partial charge in [-0.05, 0) is 32.9 Å². The number of nitrogens with one attached hydrogen (secondary N) is 1. The van der Waals surface area contributed by atoms with Gasteiger partial charge < -0.3 is 9.54 Å². The van der Waals surface area contributed by atoms with Crippen molar-refractivity contribution in [2.24, 2.45) is 4.40 Å². The van der Waals surface area contributed by atoms with Gasteiger partial charge in [0.05, 0.1) is 11.0 Å². The molecule has 90 valence electrons. The normalized spacial score (nSPS) is 14.6. The molecule has 0 aliphatic rings. The zero-order valence-electron chi connectivity index (χ0n) is 10.1. The van der Waals surface area contributed by atoms with Gasteiger partial charge in [0.15, 0.2) is 5.82 Å². The van der Waals surface area contributed by atoms with Crippen LogP contribution in [0, 0.1) is 0 Å². The van der Waals surface area contributed by atoms with Crippen LogP contribution in [0.5, 0.6) is 0 Å². The molecular formula is C12H15N3OS. The predicted molar refractivity (Wildman–Crippen MR) is 71.6 cm³/mol. The Morgan fingerprint density at radius 3 is 2.71 bits per heavy atom. The Kier molecular flexibility index (Phi) is 3.22. The number of nitrogens with zero attached hydrogens (tertiary/aromatic N) is 2. The highest BCUT2D eigenvalue weighted by Crippen LogP contribution is 2.17. The maximum absolute atomic E-state index is 11.7. The molecule has 0 saturated heterocycles. The van der Waals surface area contributed by atoms with Gasteiger partial charge in [0.25, 0.3) is 0 Å². The first kappa shape index (κ1) is 12.1. The Morgan fingerprint density at radius 2 is 2.06 bits per heavy atom. The second-order valence-electron chi connectivity index (χ2n) is 4.74. The first-order chi connectivity index (χ1) is 7.97. The van der Waals surface area contributed by atoms with Gasteiger partial charge in [-0.3, -0.25) is 0 Å². The van der Waals surface area contributed by atoms with Crippen molar-refractivity contribution in [1.29, 1.82) is 0 Å². The largest absolute Gasteiger partial charge is 0.591 e. The minimum Gasteiger partial charge on any atom is -0.591 e. The van der Waals surface area contributed by atoms with Crippen LogP contribution in [0.1, 0.15) is 26.6 Å². The summed E-state index contributed by atoms with van der Waals surface area (Å²) in [5.41, 5.74) is 1.84. The van der Waals surface area contributed by atoms with Gasteiger partial charge in [0, 0.05) is 0 Å². The van der Waals surface area contributed by atoms with E-state index in [2.05, 4.69) is 14.4 Å². The summed E-state index contributed by atoms with van der Waals surface area (Å²) in [4.78, 5) is 7.43. The van der Waals surface area contributed by atoms with Gasteiger partial charge in [0.1, 0.15) is 22.3 Å². The van der Waals surface area contributed by atoms with Gasteiger partial charge in [-0.25, -0.2) is 4.98 Å². The van der Waals surface area contributed by atoms with Crippen LogP contribution in [0.3, 0.4) is 0 Å². The molecule has 2 aromatic rings. The lowest BCUT2D eigenvalue weighted by atomic mass is 10.3. The lowest BCUT2D eigenvalue weighted by molar-refractivity contribution is 0.561. The van der Waals surface area contributed by atoms with Gasteiger partial charge in [0.2, 0.25) is 0 Å². The van der Waals surface area contributed by atoms with Crippen molar-refractivity contribution >= 4 is 28.6 Å². The minimum absolute atomic E-state index is 0.345. The third-order valence-electron chi connectivity index (χ3n) is 2.20. The number of aromatic nitrogens is 2. The van der Waals surface area contributed by atoms with Crippen molar-refractivity contribution in [2.75, 3.05) is 0 Å². The highest BCUT2D eigenvalue weighted by molar-refractivity contribution is 7.91. The molecule has 2 rings (SSSR count). The molecule has 0 radical (unpaired) electrons. The van der Waals surface area contributed by atoms with E-state index in [9.17, 15) is 4.55 Å². The van der Waals surface area contributed by atoms with Crippen molar-refractivity contribution in [3.05, 3.63) is 30.1 Å². The third-order valence-corrected chi connectivity index (χ3v) is 3.55. The Morgan fingerprint density at radius 1 is 1.35 bits per heavy atom. The molecule has 0 bridgehead atoms. The molecule has 4 nitrogen and oxygen atoms in total. The SMILES string of the molecule is CC(C)(C)[S+]([O-])/N=C/c1nc2ccccc2[nH]1. The van der Waals surface area contributed by atoms with Crippen molar-refractivity contribution in [3.63, 3.8) is 0 Å². The van der Waals surface area contributed by atoms with E-state index in [0.29, 0.717) is 5.82 Å². The number of aromatic amines is 1. The van der Waals surface area contributed by atoms with Crippen molar-refractivity contribution in [2.45, 2.75) is 25.5 Å². The van der Waals surface area contributed by atoms with E-state index in [1.807, 2.05) is 45.0 Å². The maximum Gasteiger partial charge on any atom is 0.154 e. The first-order valence-electron chi connectivity index (χ1n) is 5.37. The molecule has 0 amide bonds. The average molecular weight is 249 g/mol. The molecule has 0 spiro atoms. The Labute approximate surface area is 103 Å². The molecule has 0 fully saturated rings. The highest BCUT2D eigenvalue weighted by atomic mass is 32.2. The minimum atomic E-state index is -1.25. The van der Waals surface area contributed by atoms with Crippen molar-refractivity contribution in [3.8, 4) is 0 Å². The van der Waals surface area contributed by atoms with Gasteiger partial charge in [-0.1, -0.05) is 16.5 Å². The van der Waals surface area contributed by atoms with E-state index in [4.69, 9.17) is 0 Å². The van der Waals surface area contributed by atoms with E-state index in [-0.39, 0.29) is 4.75 Å². The van der Waals surface area contributed by atoms with E-state index < -0.39 is 11.4 Å². The Hall–Kier alpha value is -1.33. The molecule has 1 atom stereocenters. The van der Waals surface area contributed by atoms with Crippen molar-refractivity contribution in [1.82, 2.24) is 9.97 Å². The summed E-state index contributed by atoms with van der Waals surface area (Å²) in [5.74, 6) is 0.629. The zero-order chi connectivity index (χ0) is 12.5. The summed E-state index contributed by atoms with van der Waals surface area (Å²) in [5, 5.41) is 0. The molecule has 1 heterocycles. The van der Waals surface area contributed by atoms with Gasteiger partial charge >= 0.3 is 0 Å². The summed E-state index contributed by atoms with van der Waals surface area (Å²) in [6.45, 7) is 5.66. The molecule has 0 saturated carbocycles. The van der Waals surface area contributed by atoms with E-state index >= 15 is 0 Å². The summed E-state index contributed by atoms with van der Waals surface area (Å²) >= 11 is -1.25. The van der Waals surface area contributed by atoms with Crippen LogP contribution in [0.15, 0.2) is 28.7 Å². The smallest absolute Gasteiger partial charge is 0.154 e. The van der Waals surface area contributed by atoms with Gasteiger partial charge in [-0.15, -0.1) is 0 Å². The van der Waals surface area contributed by atoms with E-state index in [0.717, 1.165) is 11.0 Å². The number of fused-ring (bicyclic) bond motifs is 1. The molecule has 0 aliphatic carbocycles. The summed E-state index contributed by atoms with van der Waals surface area (Å²) in [7, 11) is 0. The maximum atomic E-state index is 11.7. The second-order valence-corrected chi connectivity index (χ2v) is 6.67. The average Bonchev–Trinajstić information content (AvgIpc) is 2.66. The number of imidazole rings is 1.